The van der Waals surface area contributed by atoms with Crippen molar-refractivity contribution in [3.05, 3.63) is 106 Å². The molecule has 0 aromatic heterocycles. The first kappa shape index (κ1) is 24.6. The minimum atomic E-state index is -0.897. The Hall–Kier alpha value is -5.71. The highest BCUT2D eigenvalue weighted by Gasteiger charge is 2.37. The first-order valence-corrected chi connectivity index (χ1v) is 12.1. The van der Waals surface area contributed by atoms with E-state index in [2.05, 4.69) is 5.32 Å². The molecule has 11 nitrogen and oxygen atoms in total. The van der Waals surface area contributed by atoms with Crippen molar-refractivity contribution in [2.75, 3.05) is 11.7 Å². The average molecular weight is 537 g/mol. The first-order chi connectivity index (χ1) is 19.4. The SMILES string of the molecule is O=C1NC(=O)N(c2ccc3c(c2)OCO3)C(=O)/C1=C/c1c(OCc2cccc([N+](=O)[O-])c2)ccc2ccccc12. The number of nitro groups is 1. The van der Waals surface area contributed by atoms with Crippen LogP contribution in [0.1, 0.15) is 11.1 Å². The third-order valence-electron chi connectivity index (χ3n) is 6.45. The van der Waals surface area contributed by atoms with Crippen LogP contribution in [0.15, 0.2) is 84.4 Å². The summed E-state index contributed by atoms with van der Waals surface area (Å²) < 4.78 is 16.7. The zero-order valence-corrected chi connectivity index (χ0v) is 20.7. The number of hydrogen-bond acceptors (Lipinski definition) is 8. The standard InChI is InChI=1S/C29H19N3O8/c33-27-23(28(34)31(29(35)30-27)19-9-11-25-26(13-19)40-16-39-25)14-22-21-7-2-1-5-18(21)8-10-24(22)38-15-17-4-3-6-20(12-17)32(36)37/h1-14H,15-16H2,(H,30,33,35)/b23-14+. The van der Waals surface area contributed by atoms with Crippen LogP contribution in [0.25, 0.3) is 16.8 Å². The lowest BCUT2D eigenvalue weighted by Gasteiger charge is -2.26. The van der Waals surface area contributed by atoms with Gasteiger partial charge in [0.05, 0.1) is 10.6 Å². The summed E-state index contributed by atoms with van der Waals surface area (Å²) in [5, 5.41) is 14.9. The van der Waals surface area contributed by atoms with Gasteiger partial charge in [0.25, 0.3) is 17.5 Å². The van der Waals surface area contributed by atoms with Crippen LogP contribution in [-0.2, 0) is 16.2 Å². The van der Waals surface area contributed by atoms with Crippen LogP contribution >= 0.6 is 0 Å². The maximum absolute atomic E-state index is 13.6. The third kappa shape index (κ3) is 4.45. The number of carbonyl (C=O) groups is 3. The maximum atomic E-state index is 13.6. The van der Waals surface area contributed by atoms with Gasteiger partial charge in [-0.05, 0) is 40.6 Å². The summed E-state index contributed by atoms with van der Waals surface area (Å²) in [6.07, 6.45) is 1.38. The number of nitro benzene ring substituents is 1. The third-order valence-corrected chi connectivity index (χ3v) is 6.45. The number of amides is 4. The molecule has 0 aliphatic carbocycles. The fraction of sp³-hybridized carbons (Fsp3) is 0.0690. The summed E-state index contributed by atoms with van der Waals surface area (Å²) >= 11 is 0. The molecular formula is C29H19N3O8. The van der Waals surface area contributed by atoms with Crippen molar-refractivity contribution in [1.82, 2.24) is 5.32 Å². The highest BCUT2D eigenvalue weighted by atomic mass is 16.7. The van der Waals surface area contributed by atoms with Gasteiger partial charge in [0.15, 0.2) is 11.5 Å². The number of imide groups is 2. The van der Waals surface area contributed by atoms with Gasteiger partial charge in [-0.2, -0.15) is 0 Å². The summed E-state index contributed by atoms with van der Waals surface area (Å²) in [4.78, 5) is 50.7. The van der Waals surface area contributed by atoms with Gasteiger partial charge in [0.2, 0.25) is 6.79 Å². The number of non-ortho nitro benzene ring substituents is 1. The van der Waals surface area contributed by atoms with E-state index >= 15 is 0 Å². The van der Waals surface area contributed by atoms with E-state index in [1.807, 2.05) is 24.3 Å². The van der Waals surface area contributed by atoms with Crippen molar-refractivity contribution in [2.24, 2.45) is 0 Å². The molecule has 1 saturated heterocycles. The van der Waals surface area contributed by atoms with Crippen LogP contribution in [0.3, 0.4) is 0 Å². The lowest BCUT2D eigenvalue weighted by atomic mass is 9.99. The number of rotatable bonds is 6. The predicted molar refractivity (Wildman–Crippen MR) is 143 cm³/mol. The molecule has 40 heavy (non-hydrogen) atoms. The van der Waals surface area contributed by atoms with Crippen LogP contribution in [-0.4, -0.2) is 29.6 Å². The number of ether oxygens (including phenoxy) is 3. The number of nitrogens with one attached hydrogen (secondary N) is 1. The van der Waals surface area contributed by atoms with Crippen LogP contribution in [0.4, 0.5) is 16.2 Å². The van der Waals surface area contributed by atoms with E-state index in [9.17, 15) is 24.5 Å². The van der Waals surface area contributed by atoms with E-state index in [-0.39, 0.29) is 30.3 Å². The van der Waals surface area contributed by atoms with Gasteiger partial charge >= 0.3 is 6.03 Å². The fourth-order valence-electron chi connectivity index (χ4n) is 4.53. The summed E-state index contributed by atoms with van der Waals surface area (Å²) in [6.45, 7) is 0.0148. The number of nitrogens with zero attached hydrogens (tertiary/aromatic N) is 2. The molecular weight excluding hydrogens is 518 g/mol. The largest absolute Gasteiger partial charge is 0.488 e. The summed E-state index contributed by atoms with van der Waals surface area (Å²) in [7, 11) is 0. The topological polar surface area (TPSA) is 137 Å². The molecule has 4 amide bonds. The van der Waals surface area contributed by atoms with E-state index < -0.39 is 22.8 Å². The quantitative estimate of drug-likeness (QED) is 0.161. The van der Waals surface area contributed by atoms with Crippen molar-refractivity contribution in [1.29, 1.82) is 0 Å². The second-order valence-electron chi connectivity index (χ2n) is 8.91. The molecule has 0 saturated carbocycles. The molecule has 0 atom stereocenters. The predicted octanol–water partition coefficient (Wildman–Crippen LogP) is 4.72. The lowest BCUT2D eigenvalue weighted by Crippen LogP contribution is -2.54. The average Bonchev–Trinajstić information content (AvgIpc) is 3.42. The van der Waals surface area contributed by atoms with Crippen LogP contribution in [0.5, 0.6) is 17.2 Å². The Kier molecular flexibility index (Phi) is 6.08. The van der Waals surface area contributed by atoms with Gasteiger partial charge in [-0.15, -0.1) is 0 Å². The zero-order chi connectivity index (χ0) is 27.8. The summed E-state index contributed by atoms with van der Waals surface area (Å²) in [6, 6.07) is 20.6. The van der Waals surface area contributed by atoms with Crippen molar-refractivity contribution >= 4 is 46.1 Å². The van der Waals surface area contributed by atoms with Gasteiger partial charge < -0.3 is 14.2 Å². The Bertz CT molecular complexity index is 1760. The number of hydrogen-bond donors (Lipinski definition) is 1. The first-order valence-electron chi connectivity index (χ1n) is 12.1. The van der Waals surface area contributed by atoms with Crippen LogP contribution < -0.4 is 24.4 Å². The molecule has 198 valence electrons. The van der Waals surface area contributed by atoms with Crippen molar-refractivity contribution in [3.8, 4) is 17.2 Å². The van der Waals surface area contributed by atoms with E-state index in [0.717, 1.165) is 10.3 Å². The van der Waals surface area contributed by atoms with E-state index in [4.69, 9.17) is 14.2 Å². The molecule has 2 aliphatic heterocycles. The molecule has 2 aliphatic rings. The molecule has 11 heteroatoms. The molecule has 0 bridgehead atoms. The van der Waals surface area contributed by atoms with Crippen molar-refractivity contribution in [3.63, 3.8) is 0 Å². The van der Waals surface area contributed by atoms with Gasteiger partial charge in [0, 0.05) is 23.8 Å². The van der Waals surface area contributed by atoms with Gasteiger partial charge in [-0.25, -0.2) is 9.69 Å². The number of anilines is 1. The van der Waals surface area contributed by atoms with E-state index in [1.165, 1.54) is 30.3 Å². The minimum absolute atomic E-state index is 0.00184. The Morgan fingerprint density at radius 1 is 0.950 bits per heavy atom. The van der Waals surface area contributed by atoms with Crippen LogP contribution in [0.2, 0.25) is 0 Å². The fourth-order valence-corrected chi connectivity index (χ4v) is 4.53. The summed E-state index contributed by atoms with van der Waals surface area (Å²) in [5.41, 5.74) is 0.841. The number of barbiturate groups is 1. The van der Waals surface area contributed by atoms with Crippen LogP contribution in [0, 0.1) is 10.1 Å². The monoisotopic (exact) mass is 537 g/mol. The molecule has 0 radical (unpaired) electrons. The van der Waals surface area contributed by atoms with E-state index in [0.29, 0.717) is 33.8 Å². The van der Waals surface area contributed by atoms with E-state index in [1.54, 1.807) is 30.3 Å². The second-order valence-corrected chi connectivity index (χ2v) is 8.91. The Labute approximate surface area is 226 Å². The molecule has 0 unspecified atom stereocenters. The van der Waals surface area contributed by atoms with Gasteiger partial charge in [0.1, 0.15) is 17.9 Å². The normalized spacial score (nSPS) is 15.4. The highest BCUT2D eigenvalue weighted by Crippen LogP contribution is 2.37. The second kappa shape index (κ2) is 9.87. The smallest absolute Gasteiger partial charge is 0.335 e. The lowest BCUT2D eigenvalue weighted by molar-refractivity contribution is -0.384. The molecule has 1 N–H and O–H groups in total. The van der Waals surface area contributed by atoms with Gasteiger partial charge in [-0.1, -0.05) is 42.5 Å². The van der Waals surface area contributed by atoms with Crippen molar-refractivity contribution < 1.29 is 33.5 Å². The summed E-state index contributed by atoms with van der Waals surface area (Å²) in [5.74, 6) is -0.507. The Balaban J connectivity index is 1.39. The molecule has 2 heterocycles. The molecule has 4 aromatic rings. The van der Waals surface area contributed by atoms with Gasteiger partial charge in [-0.3, -0.25) is 25.0 Å². The minimum Gasteiger partial charge on any atom is -0.488 e. The molecule has 1 fully saturated rings. The van der Waals surface area contributed by atoms with Crippen molar-refractivity contribution in [2.45, 2.75) is 6.61 Å². The number of carbonyl (C=O) groups excluding carboxylic acids is 3. The Morgan fingerprint density at radius 3 is 2.62 bits per heavy atom. The molecule has 6 rings (SSSR count). The Morgan fingerprint density at radius 2 is 1.77 bits per heavy atom. The highest BCUT2D eigenvalue weighted by molar-refractivity contribution is 6.39. The maximum Gasteiger partial charge on any atom is 0.335 e. The zero-order valence-electron chi connectivity index (χ0n) is 20.7. The number of urea groups is 1. The number of benzene rings is 4. The molecule has 0 spiro atoms. The number of fused-ring (bicyclic) bond motifs is 2. The molecule has 4 aromatic carbocycles.